The zero-order valence-electron chi connectivity index (χ0n) is 8.49. The van der Waals surface area contributed by atoms with Crippen LogP contribution in [0.2, 0.25) is 0 Å². The van der Waals surface area contributed by atoms with Crippen LogP contribution in [-0.2, 0) is 9.53 Å². The number of carbonyl (C=O) groups excluding carboxylic acids is 1. The summed E-state index contributed by atoms with van der Waals surface area (Å²) < 4.78 is 5.11. The Kier molecular flexibility index (Phi) is 5.83. The molecule has 1 atom stereocenters. The minimum atomic E-state index is -0.517. The Morgan fingerprint density at radius 2 is 2.08 bits per heavy atom. The molecule has 5 heteroatoms. The standard InChI is InChI=1S/C8H17NO2S2/c1-8(2,3)11-7(10)6(9)5-13-12-4/h6H,5,9H2,1-4H3/t6-/m0/s1. The number of ether oxygens (including phenoxy) is 1. The number of esters is 1. The third-order valence-corrected chi connectivity index (χ3v) is 2.92. The smallest absolute Gasteiger partial charge is 0.324 e. The van der Waals surface area contributed by atoms with Crippen molar-refractivity contribution in [2.75, 3.05) is 12.0 Å². The molecule has 0 rings (SSSR count). The number of nitrogens with two attached hydrogens (primary N) is 1. The Bertz CT molecular complexity index is 168. The highest BCUT2D eigenvalue weighted by molar-refractivity contribution is 8.76. The Morgan fingerprint density at radius 3 is 2.46 bits per heavy atom. The van der Waals surface area contributed by atoms with Gasteiger partial charge in [0.15, 0.2) is 0 Å². The van der Waals surface area contributed by atoms with Crippen molar-refractivity contribution in [3.05, 3.63) is 0 Å². The highest BCUT2D eigenvalue weighted by Gasteiger charge is 2.21. The maximum Gasteiger partial charge on any atom is 0.324 e. The fraction of sp³-hybridized carbons (Fsp3) is 0.875. The molecule has 78 valence electrons. The molecule has 0 bridgehead atoms. The van der Waals surface area contributed by atoms with Crippen molar-refractivity contribution >= 4 is 27.6 Å². The van der Waals surface area contributed by atoms with Gasteiger partial charge in [-0.15, -0.1) is 0 Å². The Morgan fingerprint density at radius 1 is 1.54 bits per heavy atom. The lowest BCUT2D eigenvalue weighted by atomic mass is 10.2. The van der Waals surface area contributed by atoms with Crippen LogP contribution in [0.3, 0.4) is 0 Å². The van der Waals surface area contributed by atoms with Gasteiger partial charge in [-0.1, -0.05) is 21.6 Å². The molecule has 0 saturated carbocycles. The molecule has 0 aromatic heterocycles. The van der Waals surface area contributed by atoms with E-state index in [4.69, 9.17) is 10.5 Å². The first-order valence-corrected chi connectivity index (χ1v) is 6.73. The lowest BCUT2D eigenvalue weighted by Gasteiger charge is -2.21. The van der Waals surface area contributed by atoms with E-state index in [-0.39, 0.29) is 5.97 Å². The Hall–Kier alpha value is 0.130. The fourth-order valence-corrected chi connectivity index (χ4v) is 1.85. The van der Waals surface area contributed by atoms with Crippen molar-refractivity contribution in [2.24, 2.45) is 5.73 Å². The van der Waals surface area contributed by atoms with Crippen LogP contribution >= 0.6 is 21.6 Å². The molecule has 0 aliphatic heterocycles. The van der Waals surface area contributed by atoms with Gasteiger partial charge in [0.05, 0.1) is 0 Å². The number of hydrogen-bond donors (Lipinski definition) is 1. The summed E-state index contributed by atoms with van der Waals surface area (Å²) in [4.78, 5) is 11.3. The molecule has 0 unspecified atom stereocenters. The van der Waals surface area contributed by atoms with Gasteiger partial charge in [0, 0.05) is 5.75 Å². The van der Waals surface area contributed by atoms with Gasteiger partial charge in [0.1, 0.15) is 11.6 Å². The SMILES string of the molecule is CSSC[C@H](N)C(=O)OC(C)(C)C. The van der Waals surface area contributed by atoms with Crippen LogP contribution in [0.5, 0.6) is 0 Å². The second-order valence-electron chi connectivity index (χ2n) is 3.59. The quantitative estimate of drug-likeness (QED) is 0.580. The van der Waals surface area contributed by atoms with Gasteiger partial charge < -0.3 is 10.5 Å². The first kappa shape index (κ1) is 13.1. The molecule has 0 aromatic carbocycles. The van der Waals surface area contributed by atoms with Crippen LogP contribution in [0.15, 0.2) is 0 Å². The zero-order valence-corrected chi connectivity index (χ0v) is 10.1. The van der Waals surface area contributed by atoms with E-state index in [9.17, 15) is 4.79 Å². The summed E-state index contributed by atoms with van der Waals surface area (Å²) in [5, 5.41) is 0. The van der Waals surface area contributed by atoms with Crippen molar-refractivity contribution < 1.29 is 9.53 Å². The van der Waals surface area contributed by atoms with Crippen LogP contribution in [0, 0.1) is 0 Å². The first-order valence-electron chi connectivity index (χ1n) is 4.01. The molecule has 13 heavy (non-hydrogen) atoms. The van der Waals surface area contributed by atoms with Crippen LogP contribution in [0.1, 0.15) is 20.8 Å². The largest absolute Gasteiger partial charge is 0.459 e. The second kappa shape index (κ2) is 5.78. The van der Waals surface area contributed by atoms with Gasteiger partial charge in [0.2, 0.25) is 0 Å². The van der Waals surface area contributed by atoms with E-state index in [1.54, 1.807) is 21.6 Å². The molecule has 0 saturated heterocycles. The molecule has 3 nitrogen and oxygen atoms in total. The molecule has 0 aliphatic carbocycles. The summed E-state index contributed by atoms with van der Waals surface area (Å²) in [6, 6.07) is -0.517. The number of carbonyl (C=O) groups is 1. The highest BCUT2D eigenvalue weighted by atomic mass is 33.1. The molecule has 0 radical (unpaired) electrons. The average Bonchev–Trinajstić information content (AvgIpc) is 1.96. The van der Waals surface area contributed by atoms with Gasteiger partial charge in [-0.2, -0.15) is 0 Å². The minimum Gasteiger partial charge on any atom is -0.459 e. The summed E-state index contributed by atoms with van der Waals surface area (Å²) in [5.74, 6) is 0.268. The van der Waals surface area contributed by atoms with E-state index in [2.05, 4.69) is 0 Å². The lowest BCUT2D eigenvalue weighted by Crippen LogP contribution is -2.38. The van der Waals surface area contributed by atoms with E-state index in [0.29, 0.717) is 5.75 Å². The molecule has 0 spiro atoms. The summed E-state index contributed by atoms with van der Waals surface area (Å²) in [5.41, 5.74) is 5.16. The summed E-state index contributed by atoms with van der Waals surface area (Å²) in [6.45, 7) is 5.50. The Balaban J connectivity index is 3.83. The monoisotopic (exact) mass is 223 g/mol. The summed E-state index contributed by atoms with van der Waals surface area (Å²) >= 11 is 0. The highest BCUT2D eigenvalue weighted by Crippen LogP contribution is 2.18. The van der Waals surface area contributed by atoms with E-state index in [1.807, 2.05) is 27.0 Å². The van der Waals surface area contributed by atoms with Crippen LogP contribution in [0.25, 0.3) is 0 Å². The van der Waals surface area contributed by atoms with Crippen LogP contribution in [-0.4, -0.2) is 29.6 Å². The van der Waals surface area contributed by atoms with Gasteiger partial charge in [-0.05, 0) is 27.0 Å². The molecular formula is C8H17NO2S2. The van der Waals surface area contributed by atoms with Crippen molar-refractivity contribution in [1.82, 2.24) is 0 Å². The maximum absolute atomic E-state index is 11.3. The van der Waals surface area contributed by atoms with Crippen LogP contribution < -0.4 is 5.73 Å². The number of rotatable bonds is 4. The van der Waals surface area contributed by atoms with Gasteiger partial charge in [-0.3, -0.25) is 4.79 Å². The van der Waals surface area contributed by atoms with Crippen LogP contribution in [0.4, 0.5) is 0 Å². The van der Waals surface area contributed by atoms with E-state index < -0.39 is 11.6 Å². The average molecular weight is 223 g/mol. The van der Waals surface area contributed by atoms with Gasteiger partial charge >= 0.3 is 5.97 Å². The molecule has 0 heterocycles. The van der Waals surface area contributed by atoms with Crippen molar-refractivity contribution in [3.8, 4) is 0 Å². The van der Waals surface area contributed by atoms with Crippen molar-refractivity contribution in [2.45, 2.75) is 32.4 Å². The molecule has 2 N–H and O–H groups in total. The topological polar surface area (TPSA) is 52.3 Å². The summed E-state index contributed by atoms with van der Waals surface area (Å²) in [7, 11) is 3.16. The second-order valence-corrected chi connectivity index (χ2v) is 6.20. The van der Waals surface area contributed by atoms with Crippen molar-refractivity contribution in [3.63, 3.8) is 0 Å². The molecule has 0 fully saturated rings. The van der Waals surface area contributed by atoms with Crippen molar-refractivity contribution in [1.29, 1.82) is 0 Å². The van der Waals surface area contributed by atoms with E-state index in [0.717, 1.165) is 0 Å². The predicted octanol–water partition coefficient (Wildman–Crippen LogP) is 1.67. The normalized spacial score (nSPS) is 13.9. The minimum absolute atomic E-state index is 0.325. The molecule has 0 amide bonds. The molecule has 0 aromatic rings. The summed E-state index contributed by atoms with van der Waals surface area (Å²) in [6.07, 6.45) is 1.95. The van der Waals surface area contributed by atoms with Gasteiger partial charge in [-0.25, -0.2) is 0 Å². The van der Waals surface area contributed by atoms with E-state index in [1.165, 1.54) is 0 Å². The maximum atomic E-state index is 11.3. The fourth-order valence-electron chi connectivity index (χ4n) is 0.587. The molecular weight excluding hydrogens is 206 g/mol. The third kappa shape index (κ3) is 7.22. The molecule has 0 aliphatic rings. The van der Waals surface area contributed by atoms with Gasteiger partial charge in [0.25, 0.3) is 0 Å². The third-order valence-electron chi connectivity index (χ3n) is 1.07. The predicted molar refractivity (Wildman–Crippen MR) is 59.8 cm³/mol. The first-order chi connectivity index (χ1) is 5.87. The Labute approximate surface area is 87.6 Å². The zero-order chi connectivity index (χ0) is 10.5. The number of hydrogen-bond acceptors (Lipinski definition) is 5. The van der Waals surface area contributed by atoms with E-state index >= 15 is 0 Å². The lowest BCUT2D eigenvalue weighted by molar-refractivity contribution is -0.155.